The summed E-state index contributed by atoms with van der Waals surface area (Å²) in [5, 5.41) is 3.65. The lowest BCUT2D eigenvalue weighted by Crippen LogP contribution is -2.43. The number of halogens is 2. The van der Waals surface area contributed by atoms with Crippen LogP contribution < -0.4 is 16.2 Å². The van der Waals surface area contributed by atoms with E-state index in [9.17, 15) is 14.4 Å². The Morgan fingerprint density at radius 2 is 1.63 bits per heavy atom. The second kappa shape index (κ2) is 10.8. The van der Waals surface area contributed by atoms with E-state index in [0.717, 1.165) is 0 Å². The molecule has 3 N–H and O–H groups in total. The second-order valence-electron chi connectivity index (χ2n) is 5.33. The van der Waals surface area contributed by atoms with E-state index in [-0.39, 0.29) is 24.6 Å². The Balaban J connectivity index is 1.64. The van der Waals surface area contributed by atoms with Crippen molar-refractivity contribution < 1.29 is 14.4 Å². The summed E-state index contributed by atoms with van der Waals surface area (Å²) in [6, 6.07) is 13.7. The maximum atomic E-state index is 11.8. The van der Waals surface area contributed by atoms with Crippen LogP contribution in [-0.4, -0.2) is 30.0 Å². The van der Waals surface area contributed by atoms with E-state index in [1.165, 1.54) is 11.8 Å². The number of benzene rings is 2. The molecule has 0 saturated heterocycles. The standard InChI is InChI=1S/C18H17Cl2N3O3S/c19-13-6-7-14(20)15(10-13)27-11-17(25)23-22-16(24)8-9-21-18(26)12-4-2-1-3-5-12/h1-7,10H,8-9,11H2,(H,21,26)(H,22,24)(H,23,25). The first kappa shape index (κ1) is 21.1. The molecule has 2 aromatic carbocycles. The first-order valence-electron chi connectivity index (χ1n) is 7.94. The average molecular weight is 426 g/mol. The molecule has 0 aliphatic heterocycles. The quantitative estimate of drug-likeness (QED) is 0.469. The van der Waals surface area contributed by atoms with Crippen LogP contribution in [-0.2, 0) is 9.59 Å². The third kappa shape index (κ3) is 7.50. The topological polar surface area (TPSA) is 87.3 Å². The van der Waals surface area contributed by atoms with Gasteiger partial charge in [0.1, 0.15) is 0 Å². The number of rotatable bonds is 7. The maximum absolute atomic E-state index is 11.8. The third-order valence-corrected chi connectivity index (χ3v) is 5.00. The van der Waals surface area contributed by atoms with Gasteiger partial charge in [-0.2, -0.15) is 0 Å². The van der Waals surface area contributed by atoms with Gasteiger partial charge in [-0.1, -0.05) is 41.4 Å². The molecule has 0 aromatic heterocycles. The summed E-state index contributed by atoms with van der Waals surface area (Å²) in [4.78, 5) is 36.0. The van der Waals surface area contributed by atoms with Crippen molar-refractivity contribution in [3.05, 3.63) is 64.1 Å². The lowest BCUT2D eigenvalue weighted by Gasteiger charge is -2.09. The van der Waals surface area contributed by atoms with Gasteiger partial charge in [0.2, 0.25) is 11.8 Å². The third-order valence-electron chi connectivity index (χ3n) is 3.27. The summed E-state index contributed by atoms with van der Waals surface area (Å²) >= 11 is 13.1. The van der Waals surface area contributed by atoms with Crippen molar-refractivity contribution in [2.24, 2.45) is 0 Å². The van der Waals surface area contributed by atoms with E-state index in [0.29, 0.717) is 20.5 Å². The van der Waals surface area contributed by atoms with Gasteiger partial charge in [0.25, 0.3) is 5.91 Å². The Hall–Kier alpha value is -2.22. The van der Waals surface area contributed by atoms with Crippen molar-refractivity contribution in [3.63, 3.8) is 0 Å². The molecule has 0 aliphatic rings. The van der Waals surface area contributed by atoms with Crippen molar-refractivity contribution in [1.82, 2.24) is 16.2 Å². The van der Waals surface area contributed by atoms with E-state index in [1.807, 2.05) is 6.07 Å². The molecule has 9 heteroatoms. The number of hydrogen-bond acceptors (Lipinski definition) is 4. The van der Waals surface area contributed by atoms with Gasteiger partial charge in [-0.05, 0) is 30.3 Å². The van der Waals surface area contributed by atoms with E-state index >= 15 is 0 Å². The van der Waals surface area contributed by atoms with Crippen molar-refractivity contribution in [1.29, 1.82) is 0 Å². The highest BCUT2D eigenvalue weighted by Gasteiger charge is 2.09. The second-order valence-corrected chi connectivity index (χ2v) is 7.19. The molecular weight excluding hydrogens is 409 g/mol. The van der Waals surface area contributed by atoms with Crippen LogP contribution in [0.3, 0.4) is 0 Å². The molecule has 3 amide bonds. The predicted octanol–water partition coefficient (Wildman–Crippen LogP) is 3.05. The minimum absolute atomic E-state index is 0.0338. The molecule has 142 valence electrons. The number of hydrogen-bond donors (Lipinski definition) is 3. The normalized spacial score (nSPS) is 10.1. The molecular formula is C18H17Cl2N3O3S. The van der Waals surface area contributed by atoms with E-state index in [2.05, 4.69) is 16.2 Å². The maximum Gasteiger partial charge on any atom is 0.251 e. The molecule has 6 nitrogen and oxygen atoms in total. The monoisotopic (exact) mass is 425 g/mol. The highest BCUT2D eigenvalue weighted by atomic mass is 35.5. The Kier molecular flexibility index (Phi) is 8.44. The highest BCUT2D eigenvalue weighted by molar-refractivity contribution is 8.00. The Morgan fingerprint density at radius 1 is 0.926 bits per heavy atom. The Bertz CT molecular complexity index is 819. The molecule has 0 bridgehead atoms. The average Bonchev–Trinajstić information content (AvgIpc) is 2.67. The number of thioether (sulfide) groups is 1. The van der Waals surface area contributed by atoms with Crippen LogP contribution in [0.25, 0.3) is 0 Å². The lowest BCUT2D eigenvalue weighted by molar-refractivity contribution is -0.127. The van der Waals surface area contributed by atoms with Crippen molar-refractivity contribution in [2.75, 3.05) is 12.3 Å². The first-order valence-corrected chi connectivity index (χ1v) is 9.68. The molecule has 0 radical (unpaired) electrons. The SMILES string of the molecule is O=C(CCNC(=O)c1ccccc1)NNC(=O)CSc1cc(Cl)ccc1Cl. The molecule has 0 atom stereocenters. The summed E-state index contributed by atoms with van der Waals surface area (Å²) in [6.45, 7) is 0.155. The number of hydrazine groups is 1. The number of carbonyl (C=O) groups excluding carboxylic acids is 3. The van der Waals surface area contributed by atoms with Gasteiger partial charge in [-0.25, -0.2) is 0 Å². The zero-order valence-corrected chi connectivity index (χ0v) is 16.5. The van der Waals surface area contributed by atoms with Crippen LogP contribution in [0, 0.1) is 0 Å². The summed E-state index contributed by atoms with van der Waals surface area (Å²) < 4.78 is 0. The fraction of sp³-hybridized carbons (Fsp3) is 0.167. The summed E-state index contributed by atoms with van der Waals surface area (Å²) in [5.41, 5.74) is 5.12. The highest BCUT2D eigenvalue weighted by Crippen LogP contribution is 2.29. The van der Waals surface area contributed by atoms with Crippen LogP contribution >= 0.6 is 35.0 Å². The van der Waals surface area contributed by atoms with Gasteiger partial charge in [-0.3, -0.25) is 25.2 Å². The smallest absolute Gasteiger partial charge is 0.251 e. The molecule has 0 fully saturated rings. The van der Waals surface area contributed by atoms with Crippen LogP contribution in [0.1, 0.15) is 16.8 Å². The number of carbonyl (C=O) groups is 3. The molecule has 0 spiro atoms. The summed E-state index contributed by atoms with van der Waals surface area (Å²) in [5.74, 6) is -1.01. The Labute approximate surface area is 171 Å². The zero-order valence-electron chi connectivity index (χ0n) is 14.1. The van der Waals surface area contributed by atoms with Crippen molar-refractivity contribution in [2.45, 2.75) is 11.3 Å². The zero-order chi connectivity index (χ0) is 19.6. The molecule has 0 aliphatic carbocycles. The van der Waals surface area contributed by atoms with Crippen LogP contribution in [0.4, 0.5) is 0 Å². The molecule has 0 saturated carbocycles. The van der Waals surface area contributed by atoms with E-state index in [1.54, 1.807) is 42.5 Å². The fourth-order valence-electron chi connectivity index (χ4n) is 1.95. The molecule has 27 heavy (non-hydrogen) atoms. The van der Waals surface area contributed by atoms with Gasteiger partial charge in [0.05, 0.1) is 10.8 Å². The minimum Gasteiger partial charge on any atom is -0.352 e. The molecule has 2 aromatic rings. The minimum atomic E-state index is -0.414. The van der Waals surface area contributed by atoms with E-state index in [4.69, 9.17) is 23.2 Å². The number of amides is 3. The van der Waals surface area contributed by atoms with Crippen molar-refractivity contribution >= 4 is 52.7 Å². The summed E-state index contributed by atoms with van der Waals surface area (Å²) in [6.07, 6.45) is 0.0338. The van der Waals surface area contributed by atoms with Gasteiger partial charge in [0.15, 0.2) is 0 Å². The van der Waals surface area contributed by atoms with E-state index < -0.39 is 11.8 Å². The van der Waals surface area contributed by atoms with Gasteiger partial charge in [-0.15, -0.1) is 11.8 Å². The van der Waals surface area contributed by atoms with Crippen LogP contribution in [0.2, 0.25) is 10.0 Å². The molecule has 0 unspecified atom stereocenters. The lowest BCUT2D eigenvalue weighted by atomic mass is 10.2. The van der Waals surface area contributed by atoms with Crippen LogP contribution in [0.5, 0.6) is 0 Å². The van der Waals surface area contributed by atoms with Gasteiger partial charge in [0, 0.05) is 28.4 Å². The molecule has 2 rings (SSSR count). The van der Waals surface area contributed by atoms with Crippen molar-refractivity contribution in [3.8, 4) is 0 Å². The summed E-state index contributed by atoms with van der Waals surface area (Å²) in [7, 11) is 0. The number of nitrogens with one attached hydrogen (secondary N) is 3. The van der Waals surface area contributed by atoms with Gasteiger partial charge < -0.3 is 5.32 Å². The predicted molar refractivity (Wildman–Crippen MR) is 107 cm³/mol. The van der Waals surface area contributed by atoms with Gasteiger partial charge >= 0.3 is 0 Å². The Morgan fingerprint density at radius 3 is 2.37 bits per heavy atom. The van der Waals surface area contributed by atoms with Crippen LogP contribution in [0.15, 0.2) is 53.4 Å². The molecule has 0 heterocycles. The first-order chi connectivity index (χ1) is 13.0. The fourth-order valence-corrected chi connectivity index (χ4v) is 3.24. The largest absolute Gasteiger partial charge is 0.352 e.